The maximum Gasteiger partial charge on any atom is 0.165 e. The van der Waals surface area contributed by atoms with E-state index in [1.165, 1.54) is 5.56 Å². The molecule has 0 aromatic carbocycles. The fourth-order valence-corrected chi connectivity index (χ4v) is 2.29. The van der Waals surface area contributed by atoms with E-state index < -0.39 is 0 Å². The summed E-state index contributed by atoms with van der Waals surface area (Å²) in [6, 6.07) is 3.94. The molecule has 82 valence electrons. The van der Waals surface area contributed by atoms with Crippen LogP contribution in [0.3, 0.4) is 0 Å². The van der Waals surface area contributed by atoms with Crippen LogP contribution in [0.1, 0.15) is 27.9 Å². The Morgan fingerprint density at radius 2 is 2.31 bits per heavy atom. The summed E-state index contributed by atoms with van der Waals surface area (Å²) >= 11 is 1.67. The number of aromatic nitrogens is 1. The number of ketones is 1. The van der Waals surface area contributed by atoms with Crippen molar-refractivity contribution in [2.75, 3.05) is 0 Å². The smallest absolute Gasteiger partial charge is 0.165 e. The second-order valence-electron chi connectivity index (χ2n) is 3.75. The number of carbonyl (C=O) groups is 1. The summed E-state index contributed by atoms with van der Waals surface area (Å²) in [6.45, 7) is 1.94. The van der Waals surface area contributed by atoms with Gasteiger partial charge in [-0.3, -0.25) is 9.78 Å². The molecule has 0 aliphatic rings. The molecule has 2 rings (SSSR count). The van der Waals surface area contributed by atoms with Crippen LogP contribution in [0.15, 0.2) is 35.3 Å². The van der Waals surface area contributed by atoms with Crippen LogP contribution in [0.25, 0.3) is 0 Å². The first-order chi connectivity index (χ1) is 7.77. The molecule has 0 saturated heterocycles. The van der Waals surface area contributed by atoms with Gasteiger partial charge < -0.3 is 0 Å². The lowest BCUT2D eigenvalue weighted by Crippen LogP contribution is -2.03. The summed E-state index contributed by atoms with van der Waals surface area (Å²) in [5.41, 5.74) is 2.99. The number of Topliss-reactive ketones (excluding diaryl/α,β-unsaturated/α-hetero) is 1. The van der Waals surface area contributed by atoms with E-state index in [1.807, 2.05) is 18.4 Å². The normalized spacial score (nSPS) is 10.3. The molecule has 2 heterocycles. The first-order valence-corrected chi connectivity index (χ1v) is 6.16. The zero-order chi connectivity index (χ0) is 11.4. The third-order valence-corrected chi connectivity index (χ3v) is 3.29. The highest BCUT2D eigenvalue weighted by atomic mass is 32.1. The Kier molecular flexibility index (Phi) is 3.47. The van der Waals surface area contributed by atoms with E-state index in [-0.39, 0.29) is 5.78 Å². The predicted octanol–water partition coefficient (Wildman–Crippen LogP) is 3.27. The first-order valence-electron chi connectivity index (χ1n) is 5.22. The Morgan fingerprint density at radius 3 is 3.00 bits per heavy atom. The van der Waals surface area contributed by atoms with Gasteiger partial charge in [0.05, 0.1) is 0 Å². The van der Waals surface area contributed by atoms with Crippen molar-refractivity contribution < 1.29 is 4.79 Å². The summed E-state index contributed by atoms with van der Waals surface area (Å²) in [5.74, 6) is 0.178. The van der Waals surface area contributed by atoms with E-state index in [1.54, 1.807) is 23.7 Å². The van der Waals surface area contributed by atoms with Crippen molar-refractivity contribution in [3.8, 4) is 0 Å². The van der Waals surface area contributed by atoms with Crippen molar-refractivity contribution in [3.63, 3.8) is 0 Å². The highest BCUT2D eigenvalue weighted by Gasteiger charge is 2.08. The van der Waals surface area contributed by atoms with Gasteiger partial charge in [0.2, 0.25) is 0 Å². The van der Waals surface area contributed by atoms with E-state index >= 15 is 0 Å². The van der Waals surface area contributed by atoms with E-state index in [0.717, 1.165) is 17.5 Å². The predicted molar refractivity (Wildman–Crippen MR) is 65.9 cm³/mol. The monoisotopic (exact) mass is 231 g/mol. The summed E-state index contributed by atoms with van der Waals surface area (Å²) in [5, 5.41) is 4.12. The van der Waals surface area contributed by atoms with Gasteiger partial charge in [0, 0.05) is 24.4 Å². The molecule has 3 heteroatoms. The van der Waals surface area contributed by atoms with Gasteiger partial charge in [-0.25, -0.2) is 0 Å². The van der Waals surface area contributed by atoms with Gasteiger partial charge in [0.1, 0.15) is 0 Å². The van der Waals surface area contributed by atoms with Crippen LogP contribution in [0.5, 0.6) is 0 Å². The van der Waals surface area contributed by atoms with Gasteiger partial charge in [-0.15, -0.1) is 0 Å². The fraction of sp³-hybridized carbons (Fsp3) is 0.231. The minimum Gasteiger partial charge on any atom is -0.294 e. The number of hydrogen-bond acceptors (Lipinski definition) is 3. The highest BCUT2D eigenvalue weighted by molar-refractivity contribution is 7.07. The molecule has 0 amide bonds. The van der Waals surface area contributed by atoms with Crippen molar-refractivity contribution >= 4 is 17.1 Å². The second kappa shape index (κ2) is 5.03. The van der Waals surface area contributed by atoms with Gasteiger partial charge in [0.25, 0.3) is 0 Å². The molecule has 0 saturated carbocycles. The minimum absolute atomic E-state index is 0.178. The Morgan fingerprint density at radius 1 is 1.44 bits per heavy atom. The zero-order valence-electron chi connectivity index (χ0n) is 9.14. The topological polar surface area (TPSA) is 30.0 Å². The number of carbonyl (C=O) groups excluding carboxylic acids is 1. The molecular weight excluding hydrogens is 218 g/mol. The summed E-state index contributed by atoms with van der Waals surface area (Å²) < 4.78 is 0. The summed E-state index contributed by atoms with van der Waals surface area (Å²) in [7, 11) is 0. The number of aryl methyl sites for hydroxylation is 2. The van der Waals surface area contributed by atoms with Crippen molar-refractivity contribution in [3.05, 3.63) is 52.0 Å². The molecule has 2 aromatic rings. The SMILES string of the molecule is Cc1ccncc1C(=O)CCc1ccsc1. The highest BCUT2D eigenvalue weighted by Crippen LogP contribution is 2.13. The van der Waals surface area contributed by atoms with Gasteiger partial charge in [-0.05, 0) is 47.4 Å². The summed E-state index contributed by atoms with van der Waals surface area (Å²) in [6.07, 6.45) is 4.75. The average Bonchev–Trinajstić information content (AvgIpc) is 2.79. The van der Waals surface area contributed by atoms with Crippen LogP contribution in [0, 0.1) is 6.92 Å². The van der Waals surface area contributed by atoms with Gasteiger partial charge in [-0.1, -0.05) is 0 Å². The van der Waals surface area contributed by atoms with Crippen molar-refractivity contribution in [2.45, 2.75) is 19.8 Å². The zero-order valence-corrected chi connectivity index (χ0v) is 9.96. The Bertz CT molecular complexity index is 476. The lowest BCUT2D eigenvalue weighted by molar-refractivity contribution is 0.0982. The van der Waals surface area contributed by atoms with E-state index in [0.29, 0.717) is 6.42 Å². The quantitative estimate of drug-likeness (QED) is 0.756. The second-order valence-corrected chi connectivity index (χ2v) is 4.53. The van der Waals surface area contributed by atoms with Gasteiger partial charge in [-0.2, -0.15) is 11.3 Å². The molecule has 0 bridgehead atoms. The van der Waals surface area contributed by atoms with Crippen LogP contribution in [0.4, 0.5) is 0 Å². The lowest BCUT2D eigenvalue weighted by Gasteiger charge is -2.02. The van der Waals surface area contributed by atoms with Crippen molar-refractivity contribution in [1.29, 1.82) is 0 Å². The number of nitrogens with zero attached hydrogens (tertiary/aromatic N) is 1. The molecule has 0 aliphatic carbocycles. The van der Waals surface area contributed by atoms with Crippen molar-refractivity contribution in [1.82, 2.24) is 4.98 Å². The molecule has 2 nitrogen and oxygen atoms in total. The maximum atomic E-state index is 11.9. The van der Waals surface area contributed by atoms with Crippen LogP contribution < -0.4 is 0 Å². The first kappa shape index (κ1) is 11.0. The minimum atomic E-state index is 0.178. The summed E-state index contributed by atoms with van der Waals surface area (Å²) in [4.78, 5) is 15.9. The Hall–Kier alpha value is -1.48. The number of thiophene rings is 1. The third kappa shape index (κ3) is 2.55. The van der Waals surface area contributed by atoms with Crippen LogP contribution in [0.2, 0.25) is 0 Å². The Labute approximate surface area is 99.0 Å². The molecule has 0 radical (unpaired) electrons. The molecule has 0 unspecified atom stereocenters. The lowest BCUT2D eigenvalue weighted by atomic mass is 10.0. The molecule has 0 N–H and O–H groups in total. The number of hydrogen-bond donors (Lipinski definition) is 0. The molecule has 2 aromatic heterocycles. The third-order valence-electron chi connectivity index (χ3n) is 2.56. The van der Waals surface area contributed by atoms with Crippen molar-refractivity contribution in [2.24, 2.45) is 0 Å². The average molecular weight is 231 g/mol. The fourth-order valence-electron chi connectivity index (χ4n) is 1.58. The number of rotatable bonds is 4. The molecule has 16 heavy (non-hydrogen) atoms. The van der Waals surface area contributed by atoms with E-state index in [4.69, 9.17) is 0 Å². The standard InChI is InChI=1S/C13H13NOS/c1-10-4-6-14-8-12(10)13(15)3-2-11-5-7-16-9-11/h4-9H,2-3H2,1H3. The van der Waals surface area contributed by atoms with Gasteiger partial charge in [0.15, 0.2) is 5.78 Å². The molecule has 0 aliphatic heterocycles. The maximum absolute atomic E-state index is 11.9. The largest absolute Gasteiger partial charge is 0.294 e. The van der Waals surface area contributed by atoms with E-state index in [9.17, 15) is 4.79 Å². The van der Waals surface area contributed by atoms with E-state index in [2.05, 4.69) is 16.4 Å². The molecule has 0 spiro atoms. The number of pyridine rings is 1. The van der Waals surface area contributed by atoms with Gasteiger partial charge >= 0.3 is 0 Å². The van der Waals surface area contributed by atoms with Crippen LogP contribution >= 0.6 is 11.3 Å². The molecular formula is C13H13NOS. The molecule has 0 atom stereocenters. The molecule has 0 fully saturated rings. The van der Waals surface area contributed by atoms with Crippen LogP contribution in [-0.2, 0) is 6.42 Å². The Balaban J connectivity index is 2.01. The van der Waals surface area contributed by atoms with Crippen LogP contribution in [-0.4, -0.2) is 10.8 Å².